The third kappa shape index (κ3) is 2.34. The molecule has 1 aliphatic carbocycles. The summed E-state index contributed by atoms with van der Waals surface area (Å²) in [7, 11) is 0. The molecule has 74 valence electrons. The second-order valence-corrected chi connectivity index (χ2v) is 3.96. The van der Waals surface area contributed by atoms with Gasteiger partial charge >= 0.3 is 0 Å². The van der Waals surface area contributed by atoms with Crippen molar-refractivity contribution in [2.24, 2.45) is 5.92 Å². The Hall–Kier alpha value is -1.31. The van der Waals surface area contributed by atoms with Crippen molar-refractivity contribution in [3.8, 4) is 0 Å². The highest BCUT2D eigenvalue weighted by atomic mass is 16.1. The molecule has 0 aliphatic heterocycles. The van der Waals surface area contributed by atoms with Crippen LogP contribution < -0.4 is 5.32 Å². The fourth-order valence-electron chi connectivity index (χ4n) is 1.41. The molecule has 1 N–H and O–H groups in total. The molecule has 2 heteroatoms. The van der Waals surface area contributed by atoms with Gasteiger partial charge in [-0.15, -0.1) is 0 Å². The van der Waals surface area contributed by atoms with Crippen molar-refractivity contribution >= 4 is 11.5 Å². The molecule has 0 heterocycles. The second kappa shape index (κ2) is 3.82. The Morgan fingerprint density at radius 1 is 1.36 bits per heavy atom. The predicted octanol–water partition coefficient (Wildman–Crippen LogP) is 2.71. The van der Waals surface area contributed by atoms with Gasteiger partial charge in [-0.25, -0.2) is 0 Å². The molecule has 0 spiro atoms. The summed E-state index contributed by atoms with van der Waals surface area (Å²) in [6.07, 6.45) is 2.72. The van der Waals surface area contributed by atoms with E-state index in [0.29, 0.717) is 0 Å². The van der Waals surface area contributed by atoms with Crippen molar-refractivity contribution in [3.05, 3.63) is 29.8 Å². The minimum atomic E-state index is 0.124. The number of anilines is 1. The van der Waals surface area contributed by atoms with Gasteiger partial charge in [0, 0.05) is 17.8 Å². The fraction of sp³-hybridized carbons (Fsp3) is 0.417. The molecule has 0 atom stereocenters. The van der Waals surface area contributed by atoms with Crippen molar-refractivity contribution < 1.29 is 4.79 Å². The van der Waals surface area contributed by atoms with Gasteiger partial charge in [0.05, 0.1) is 0 Å². The average molecular weight is 189 g/mol. The van der Waals surface area contributed by atoms with Gasteiger partial charge in [0.2, 0.25) is 0 Å². The number of benzene rings is 1. The van der Waals surface area contributed by atoms with E-state index >= 15 is 0 Å². The van der Waals surface area contributed by atoms with Crippen LogP contribution in [0.1, 0.15) is 30.1 Å². The first-order valence-corrected chi connectivity index (χ1v) is 5.10. The third-order valence-electron chi connectivity index (χ3n) is 2.58. The van der Waals surface area contributed by atoms with Gasteiger partial charge in [0.1, 0.15) is 0 Å². The summed E-state index contributed by atoms with van der Waals surface area (Å²) in [5, 5.41) is 3.36. The van der Waals surface area contributed by atoms with Crippen LogP contribution in [0.3, 0.4) is 0 Å². The van der Waals surface area contributed by atoms with Gasteiger partial charge in [-0.3, -0.25) is 4.79 Å². The molecule has 1 aliphatic rings. The molecule has 0 amide bonds. The predicted molar refractivity (Wildman–Crippen MR) is 57.7 cm³/mol. The summed E-state index contributed by atoms with van der Waals surface area (Å²) in [6, 6.07) is 7.69. The van der Waals surface area contributed by atoms with E-state index in [1.165, 1.54) is 12.8 Å². The summed E-state index contributed by atoms with van der Waals surface area (Å²) in [6.45, 7) is 2.66. The maximum atomic E-state index is 11.0. The van der Waals surface area contributed by atoms with Crippen LogP contribution in [0.4, 0.5) is 5.69 Å². The highest BCUT2D eigenvalue weighted by molar-refractivity contribution is 5.94. The Labute approximate surface area is 84.3 Å². The van der Waals surface area contributed by atoms with E-state index < -0.39 is 0 Å². The fourth-order valence-corrected chi connectivity index (χ4v) is 1.41. The number of Topliss-reactive ketones (excluding diaryl/α,β-unsaturated/α-hetero) is 1. The van der Waals surface area contributed by atoms with Gasteiger partial charge in [-0.2, -0.15) is 0 Å². The maximum Gasteiger partial charge on any atom is 0.159 e. The first kappa shape index (κ1) is 9.25. The molecular weight excluding hydrogens is 174 g/mol. The van der Waals surface area contributed by atoms with E-state index in [4.69, 9.17) is 0 Å². The molecule has 0 bridgehead atoms. The van der Waals surface area contributed by atoms with Crippen LogP contribution in [0.25, 0.3) is 0 Å². The van der Waals surface area contributed by atoms with E-state index in [2.05, 4.69) is 5.32 Å². The van der Waals surface area contributed by atoms with Gasteiger partial charge in [0.25, 0.3) is 0 Å². The van der Waals surface area contributed by atoms with E-state index in [1.54, 1.807) is 6.92 Å². The molecule has 0 radical (unpaired) electrons. The molecule has 0 unspecified atom stereocenters. The smallest absolute Gasteiger partial charge is 0.159 e. The van der Waals surface area contributed by atoms with E-state index in [1.807, 2.05) is 24.3 Å². The summed E-state index contributed by atoms with van der Waals surface area (Å²) in [5.41, 5.74) is 1.89. The van der Waals surface area contributed by atoms with Crippen LogP contribution in [0.15, 0.2) is 24.3 Å². The molecule has 1 aromatic rings. The molecule has 1 fully saturated rings. The van der Waals surface area contributed by atoms with Crippen LogP contribution in [0, 0.1) is 5.92 Å². The summed E-state index contributed by atoms with van der Waals surface area (Å²) >= 11 is 0. The molecule has 0 saturated heterocycles. The van der Waals surface area contributed by atoms with Crippen LogP contribution >= 0.6 is 0 Å². The van der Waals surface area contributed by atoms with Gasteiger partial charge in [-0.1, -0.05) is 0 Å². The SMILES string of the molecule is CC(=O)c1ccc(NCC2CC2)cc1. The zero-order valence-corrected chi connectivity index (χ0v) is 8.42. The molecule has 14 heavy (non-hydrogen) atoms. The average Bonchev–Trinajstić information content (AvgIpc) is 2.99. The van der Waals surface area contributed by atoms with E-state index in [9.17, 15) is 4.79 Å². The lowest BCUT2D eigenvalue weighted by atomic mass is 10.1. The van der Waals surface area contributed by atoms with E-state index in [0.717, 1.165) is 23.7 Å². The second-order valence-electron chi connectivity index (χ2n) is 3.96. The van der Waals surface area contributed by atoms with Crippen LogP contribution in [0.2, 0.25) is 0 Å². The highest BCUT2D eigenvalue weighted by Gasteiger charge is 2.20. The summed E-state index contributed by atoms with van der Waals surface area (Å²) in [4.78, 5) is 11.0. The number of ketones is 1. The molecule has 1 saturated carbocycles. The van der Waals surface area contributed by atoms with Gasteiger partial charge in [-0.05, 0) is 49.9 Å². The van der Waals surface area contributed by atoms with Crippen LogP contribution in [0.5, 0.6) is 0 Å². The maximum absolute atomic E-state index is 11.0. The third-order valence-corrected chi connectivity index (χ3v) is 2.58. The van der Waals surface area contributed by atoms with Crippen molar-refractivity contribution in [2.45, 2.75) is 19.8 Å². The van der Waals surface area contributed by atoms with Gasteiger partial charge < -0.3 is 5.32 Å². The molecule has 1 aromatic carbocycles. The number of hydrogen-bond acceptors (Lipinski definition) is 2. The summed E-state index contributed by atoms with van der Waals surface area (Å²) < 4.78 is 0. The van der Waals surface area contributed by atoms with Crippen molar-refractivity contribution in [1.29, 1.82) is 0 Å². The molecule has 2 rings (SSSR count). The largest absolute Gasteiger partial charge is 0.385 e. The van der Waals surface area contributed by atoms with Gasteiger partial charge in [0.15, 0.2) is 5.78 Å². The lowest BCUT2D eigenvalue weighted by Gasteiger charge is -2.05. The number of carbonyl (C=O) groups excluding carboxylic acids is 1. The first-order chi connectivity index (χ1) is 6.75. The monoisotopic (exact) mass is 189 g/mol. The topological polar surface area (TPSA) is 29.1 Å². The number of carbonyl (C=O) groups is 1. The Morgan fingerprint density at radius 2 is 2.00 bits per heavy atom. The Kier molecular flexibility index (Phi) is 2.53. The van der Waals surface area contributed by atoms with Crippen molar-refractivity contribution in [3.63, 3.8) is 0 Å². The van der Waals surface area contributed by atoms with Crippen molar-refractivity contribution in [2.75, 3.05) is 11.9 Å². The minimum absolute atomic E-state index is 0.124. The Balaban J connectivity index is 1.94. The lowest BCUT2D eigenvalue weighted by Crippen LogP contribution is -2.03. The molecule has 0 aromatic heterocycles. The highest BCUT2D eigenvalue weighted by Crippen LogP contribution is 2.28. The Bertz CT molecular complexity index is 325. The van der Waals surface area contributed by atoms with E-state index in [-0.39, 0.29) is 5.78 Å². The first-order valence-electron chi connectivity index (χ1n) is 5.10. The Morgan fingerprint density at radius 3 is 2.50 bits per heavy atom. The molecule has 2 nitrogen and oxygen atoms in total. The van der Waals surface area contributed by atoms with Crippen LogP contribution in [-0.2, 0) is 0 Å². The zero-order chi connectivity index (χ0) is 9.97. The molecular formula is C12H15NO. The minimum Gasteiger partial charge on any atom is -0.385 e. The quantitative estimate of drug-likeness (QED) is 0.738. The normalized spacial score (nSPS) is 15.2. The summed E-state index contributed by atoms with van der Waals surface area (Å²) in [5.74, 6) is 1.00. The zero-order valence-electron chi connectivity index (χ0n) is 8.42. The number of hydrogen-bond donors (Lipinski definition) is 1. The van der Waals surface area contributed by atoms with Crippen molar-refractivity contribution in [1.82, 2.24) is 0 Å². The number of nitrogens with one attached hydrogen (secondary N) is 1. The standard InChI is InChI=1S/C12H15NO/c1-9(14)11-4-6-12(7-5-11)13-8-10-2-3-10/h4-7,10,13H,2-3,8H2,1H3. The number of rotatable bonds is 4. The lowest BCUT2D eigenvalue weighted by molar-refractivity contribution is 0.101. The van der Waals surface area contributed by atoms with Crippen LogP contribution in [-0.4, -0.2) is 12.3 Å².